The predicted octanol–water partition coefficient (Wildman–Crippen LogP) is 4.05. The summed E-state index contributed by atoms with van der Waals surface area (Å²) in [7, 11) is 0. The quantitative estimate of drug-likeness (QED) is 0.354. The molecule has 1 saturated carbocycles. The van der Waals surface area contributed by atoms with Crippen molar-refractivity contribution in [2.75, 3.05) is 18.4 Å². The van der Waals surface area contributed by atoms with Gasteiger partial charge in [-0.05, 0) is 42.4 Å². The Morgan fingerprint density at radius 3 is 2.39 bits per heavy atom. The lowest BCUT2D eigenvalue weighted by molar-refractivity contribution is -0.142. The van der Waals surface area contributed by atoms with Crippen LogP contribution in [0.15, 0.2) is 18.2 Å². The number of carbonyl (C=O) groups is 3. The number of anilines is 1. The second-order valence-electron chi connectivity index (χ2n) is 8.93. The Morgan fingerprint density at radius 2 is 1.84 bits per heavy atom. The van der Waals surface area contributed by atoms with Crippen LogP contribution < -0.4 is 16.1 Å². The van der Waals surface area contributed by atoms with Crippen LogP contribution in [-0.2, 0) is 9.59 Å². The van der Waals surface area contributed by atoms with Crippen molar-refractivity contribution in [1.82, 2.24) is 15.7 Å². The molecule has 0 spiro atoms. The third-order valence-corrected chi connectivity index (χ3v) is 5.84. The van der Waals surface area contributed by atoms with E-state index in [0.717, 1.165) is 25.7 Å². The van der Waals surface area contributed by atoms with Gasteiger partial charge in [-0.25, -0.2) is 10.3 Å². The molecule has 0 radical (unpaired) electrons. The molecule has 1 fully saturated rings. The molecule has 1 aromatic carbocycles. The Hall–Kier alpha value is -2.03. The summed E-state index contributed by atoms with van der Waals surface area (Å²) in [5.74, 6) is -0.783. The summed E-state index contributed by atoms with van der Waals surface area (Å²) < 4.78 is 0. The molecular formula is C21H30Cl2N4O4. The SMILES string of the molecule is CC(C)(C)[C@H](NC(=O)Nc1ccc(Cl)cc1Cl)C(=O)N(CC(=O)NO)CC1CCCC1. The summed E-state index contributed by atoms with van der Waals surface area (Å²) in [5, 5.41) is 15.0. The van der Waals surface area contributed by atoms with Gasteiger partial charge in [0.1, 0.15) is 12.6 Å². The van der Waals surface area contributed by atoms with E-state index in [-0.39, 0.29) is 23.4 Å². The highest BCUT2D eigenvalue weighted by molar-refractivity contribution is 6.36. The highest BCUT2D eigenvalue weighted by atomic mass is 35.5. The normalized spacial score (nSPS) is 15.3. The van der Waals surface area contributed by atoms with E-state index >= 15 is 0 Å². The molecule has 0 bridgehead atoms. The molecule has 0 unspecified atom stereocenters. The lowest BCUT2D eigenvalue weighted by Crippen LogP contribution is -2.57. The number of urea groups is 1. The van der Waals surface area contributed by atoms with Crippen LogP contribution in [0.25, 0.3) is 0 Å². The van der Waals surface area contributed by atoms with Crippen LogP contribution in [0.2, 0.25) is 10.0 Å². The predicted molar refractivity (Wildman–Crippen MR) is 120 cm³/mol. The topological polar surface area (TPSA) is 111 Å². The Bertz CT molecular complexity index is 807. The Labute approximate surface area is 192 Å². The molecule has 1 aromatic rings. The molecule has 0 saturated heterocycles. The van der Waals surface area contributed by atoms with E-state index in [1.165, 1.54) is 11.0 Å². The number of hydroxylamine groups is 1. The Kier molecular flexibility index (Phi) is 8.97. The first kappa shape index (κ1) is 25.2. The van der Waals surface area contributed by atoms with Crippen LogP contribution in [0.4, 0.5) is 10.5 Å². The average molecular weight is 473 g/mol. The molecule has 0 aromatic heterocycles. The molecule has 1 aliphatic rings. The summed E-state index contributed by atoms with van der Waals surface area (Å²) in [5.41, 5.74) is 1.29. The van der Waals surface area contributed by atoms with Gasteiger partial charge in [0.15, 0.2) is 0 Å². The summed E-state index contributed by atoms with van der Waals surface area (Å²) >= 11 is 12.0. The van der Waals surface area contributed by atoms with Gasteiger partial charge in [0.25, 0.3) is 5.91 Å². The minimum Gasteiger partial charge on any atom is -0.331 e. The molecule has 1 aliphatic carbocycles. The second kappa shape index (κ2) is 11.0. The Balaban J connectivity index is 2.17. The van der Waals surface area contributed by atoms with Crippen LogP contribution in [0.3, 0.4) is 0 Å². The van der Waals surface area contributed by atoms with Crippen molar-refractivity contribution in [1.29, 1.82) is 0 Å². The third kappa shape index (κ3) is 7.55. The molecule has 10 heteroatoms. The van der Waals surface area contributed by atoms with Crippen molar-refractivity contribution in [3.63, 3.8) is 0 Å². The van der Waals surface area contributed by atoms with Crippen molar-refractivity contribution in [3.8, 4) is 0 Å². The van der Waals surface area contributed by atoms with E-state index in [1.807, 2.05) is 20.8 Å². The number of amides is 4. The zero-order chi connectivity index (χ0) is 23.2. The fraction of sp³-hybridized carbons (Fsp3) is 0.571. The second-order valence-corrected chi connectivity index (χ2v) is 9.77. The van der Waals surface area contributed by atoms with Gasteiger partial charge in [0, 0.05) is 11.6 Å². The number of hydrogen-bond acceptors (Lipinski definition) is 4. The summed E-state index contributed by atoms with van der Waals surface area (Å²) in [6.07, 6.45) is 4.13. The van der Waals surface area contributed by atoms with Crippen LogP contribution in [0, 0.1) is 11.3 Å². The number of benzene rings is 1. The molecule has 4 amide bonds. The van der Waals surface area contributed by atoms with E-state index in [1.54, 1.807) is 17.6 Å². The smallest absolute Gasteiger partial charge is 0.319 e. The largest absolute Gasteiger partial charge is 0.331 e. The molecule has 0 aliphatic heterocycles. The van der Waals surface area contributed by atoms with Crippen LogP contribution >= 0.6 is 23.2 Å². The summed E-state index contributed by atoms with van der Waals surface area (Å²) in [6, 6.07) is 3.14. The minimum atomic E-state index is -0.911. The number of carbonyl (C=O) groups excluding carboxylic acids is 3. The summed E-state index contributed by atoms with van der Waals surface area (Å²) in [6.45, 7) is 5.58. The van der Waals surface area contributed by atoms with E-state index in [9.17, 15) is 14.4 Å². The molecular weight excluding hydrogens is 443 g/mol. The van der Waals surface area contributed by atoms with E-state index in [2.05, 4.69) is 10.6 Å². The molecule has 1 atom stereocenters. The number of rotatable bonds is 7. The van der Waals surface area contributed by atoms with E-state index in [0.29, 0.717) is 17.3 Å². The highest BCUT2D eigenvalue weighted by Crippen LogP contribution is 2.28. The lowest BCUT2D eigenvalue weighted by Gasteiger charge is -2.35. The third-order valence-electron chi connectivity index (χ3n) is 5.29. The molecule has 0 heterocycles. The van der Waals surface area contributed by atoms with Crippen LogP contribution in [0.5, 0.6) is 0 Å². The van der Waals surface area contributed by atoms with Gasteiger partial charge < -0.3 is 15.5 Å². The molecule has 31 heavy (non-hydrogen) atoms. The number of hydrogen-bond donors (Lipinski definition) is 4. The Morgan fingerprint density at radius 1 is 1.19 bits per heavy atom. The first-order valence-electron chi connectivity index (χ1n) is 10.3. The van der Waals surface area contributed by atoms with Gasteiger partial charge in [0.2, 0.25) is 5.91 Å². The van der Waals surface area contributed by atoms with Gasteiger partial charge in [-0.1, -0.05) is 56.8 Å². The van der Waals surface area contributed by atoms with Gasteiger partial charge in [-0.15, -0.1) is 0 Å². The van der Waals surface area contributed by atoms with Crippen molar-refractivity contribution in [3.05, 3.63) is 28.2 Å². The average Bonchev–Trinajstić information content (AvgIpc) is 3.19. The van der Waals surface area contributed by atoms with Gasteiger partial charge >= 0.3 is 6.03 Å². The van der Waals surface area contributed by atoms with E-state index < -0.39 is 23.4 Å². The minimum absolute atomic E-state index is 0.267. The molecule has 4 N–H and O–H groups in total. The first-order valence-corrected chi connectivity index (χ1v) is 11.0. The number of halogens is 2. The molecule has 172 valence electrons. The van der Waals surface area contributed by atoms with Crippen LogP contribution in [0.1, 0.15) is 46.5 Å². The van der Waals surface area contributed by atoms with Gasteiger partial charge in [-0.2, -0.15) is 0 Å². The van der Waals surface area contributed by atoms with E-state index in [4.69, 9.17) is 28.4 Å². The fourth-order valence-corrected chi connectivity index (χ4v) is 4.11. The molecule has 2 rings (SSSR count). The number of nitrogens with one attached hydrogen (secondary N) is 3. The first-order chi connectivity index (χ1) is 14.5. The van der Waals surface area contributed by atoms with Gasteiger partial charge in [0.05, 0.1) is 10.7 Å². The lowest BCUT2D eigenvalue weighted by atomic mass is 9.85. The monoisotopic (exact) mass is 472 g/mol. The highest BCUT2D eigenvalue weighted by Gasteiger charge is 2.37. The standard InChI is InChI=1S/C21H30Cl2N4O4/c1-21(2,3)18(25-20(30)24-16-9-8-14(22)10-15(16)23)19(29)27(12-17(28)26-31)11-13-6-4-5-7-13/h8-10,13,18,31H,4-7,11-12H2,1-3H3,(H,26,28)(H2,24,25,30)/t18-/m1/s1. The van der Waals surface area contributed by atoms with Crippen LogP contribution in [-0.4, -0.2) is 47.1 Å². The van der Waals surface area contributed by atoms with Gasteiger partial charge in [-0.3, -0.25) is 14.8 Å². The molecule has 8 nitrogen and oxygen atoms in total. The zero-order valence-corrected chi connectivity index (χ0v) is 19.5. The maximum atomic E-state index is 13.4. The fourth-order valence-electron chi connectivity index (χ4n) is 3.66. The number of nitrogens with zero attached hydrogens (tertiary/aromatic N) is 1. The van der Waals surface area contributed by atoms with Crippen molar-refractivity contribution in [2.24, 2.45) is 11.3 Å². The van der Waals surface area contributed by atoms with Crippen molar-refractivity contribution < 1.29 is 19.6 Å². The zero-order valence-electron chi connectivity index (χ0n) is 18.0. The maximum absolute atomic E-state index is 13.4. The van der Waals surface area contributed by atoms with Crippen molar-refractivity contribution in [2.45, 2.75) is 52.5 Å². The maximum Gasteiger partial charge on any atom is 0.319 e. The van der Waals surface area contributed by atoms with Crippen molar-refractivity contribution >= 4 is 46.7 Å². The summed E-state index contributed by atoms with van der Waals surface area (Å²) in [4.78, 5) is 39.3.